The average Bonchev–Trinajstić information content (AvgIpc) is 3.41. The Morgan fingerprint density at radius 3 is 2.89 bits per heavy atom. The van der Waals surface area contributed by atoms with Gasteiger partial charge in [-0.15, -0.1) is 11.3 Å². The number of aromatic amines is 1. The number of amides is 1. The molecule has 0 aromatic carbocycles. The van der Waals surface area contributed by atoms with Gasteiger partial charge in [0, 0.05) is 6.92 Å². The van der Waals surface area contributed by atoms with Crippen molar-refractivity contribution in [2.24, 2.45) is 0 Å². The number of nitrogens with zero attached hydrogens (tertiary/aromatic N) is 4. The Kier molecular flexibility index (Phi) is 4.68. The van der Waals surface area contributed by atoms with E-state index in [4.69, 9.17) is 16.7 Å². The fraction of sp³-hybridized carbons (Fsp3) is 0.471. The molecule has 142 valence electrons. The molecule has 8 nitrogen and oxygen atoms in total. The second-order valence-electron chi connectivity index (χ2n) is 6.79. The van der Waals surface area contributed by atoms with E-state index in [1.807, 2.05) is 24.4 Å². The molecular formula is C17H20N6O2S2. The van der Waals surface area contributed by atoms with Crippen molar-refractivity contribution in [1.82, 2.24) is 30.2 Å². The molecular weight excluding hydrogens is 384 g/mol. The van der Waals surface area contributed by atoms with Crippen LogP contribution in [0.25, 0.3) is 10.7 Å². The third-order valence-corrected chi connectivity index (χ3v) is 6.14. The molecule has 1 fully saturated rings. The maximum atomic E-state index is 13.2. The quantitative estimate of drug-likeness (QED) is 0.631. The summed E-state index contributed by atoms with van der Waals surface area (Å²) in [7, 11) is 0. The van der Waals surface area contributed by atoms with Crippen LogP contribution in [0.1, 0.15) is 50.4 Å². The molecule has 2 N–H and O–H groups in total. The standard InChI is InChI=1S/C17H20N6O2S2/c1-10(23-13(20-21-16(23)26)12-6-5-9-27-12)14(24)19-17(7-3-4-8-17)15-18-11(2)25-22-15/h5-6,9-10H,3-4,7-8H2,1-2H3,(H,19,24)(H,21,26). The van der Waals surface area contributed by atoms with Crippen LogP contribution in [0.3, 0.4) is 0 Å². The van der Waals surface area contributed by atoms with Crippen molar-refractivity contribution in [2.45, 2.75) is 51.1 Å². The molecule has 10 heteroatoms. The largest absolute Gasteiger partial charge is 0.341 e. The van der Waals surface area contributed by atoms with Gasteiger partial charge in [-0.05, 0) is 43.4 Å². The molecule has 1 unspecified atom stereocenters. The van der Waals surface area contributed by atoms with E-state index < -0.39 is 11.6 Å². The Morgan fingerprint density at radius 2 is 2.26 bits per heavy atom. The van der Waals surface area contributed by atoms with Gasteiger partial charge in [-0.3, -0.25) is 14.5 Å². The highest BCUT2D eigenvalue weighted by atomic mass is 32.1. The highest BCUT2D eigenvalue weighted by Gasteiger charge is 2.42. The van der Waals surface area contributed by atoms with Crippen molar-refractivity contribution in [2.75, 3.05) is 0 Å². The molecule has 1 aliphatic rings. The topological polar surface area (TPSA) is 102 Å². The zero-order valence-corrected chi connectivity index (χ0v) is 16.7. The molecule has 0 radical (unpaired) electrons. The number of H-pyrrole nitrogens is 1. The SMILES string of the molecule is Cc1nc(C2(NC(=O)C(C)n3c(-c4cccs4)n[nH]c3=S)CCCC2)no1. The highest BCUT2D eigenvalue weighted by molar-refractivity contribution is 7.71. The van der Waals surface area contributed by atoms with Crippen LogP contribution in [-0.2, 0) is 10.3 Å². The van der Waals surface area contributed by atoms with Gasteiger partial charge in [0.15, 0.2) is 16.4 Å². The van der Waals surface area contributed by atoms with Crippen LogP contribution in [0.4, 0.5) is 0 Å². The number of aryl methyl sites for hydroxylation is 1. The summed E-state index contributed by atoms with van der Waals surface area (Å²) < 4.78 is 7.32. The predicted molar refractivity (Wildman–Crippen MR) is 103 cm³/mol. The molecule has 1 amide bonds. The first-order chi connectivity index (χ1) is 13.0. The molecule has 1 saturated carbocycles. The Labute approximate surface area is 165 Å². The summed E-state index contributed by atoms with van der Waals surface area (Å²) in [5.74, 6) is 1.56. The smallest absolute Gasteiger partial charge is 0.243 e. The Morgan fingerprint density at radius 1 is 1.48 bits per heavy atom. The third-order valence-electron chi connectivity index (χ3n) is 4.99. The second-order valence-corrected chi connectivity index (χ2v) is 8.13. The molecule has 0 spiro atoms. The van der Waals surface area contributed by atoms with Crippen molar-refractivity contribution in [3.63, 3.8) is 0 Å². The molecule has 0 saturated heterocycles. The van der Waals surface area contributed by atoms with Crippen LogP contribution in [0.2, 0.25) is 0 Å². The van der Waals surface area contributed by atoms with Gasteiger partial charge in [-0.2, -0.15) is 10.1 Å². The van der Waals surface area contributed by atoms with Crippen LogP contribution in [0.5, 0.6) is 0 Å². The monoisotopic (exact) mass is 404 g/mol. The van der Waals surface area contributed by atoms with E-state index in [1.54, 1.807) is 22.8 Å². The van der Waals surface area contributed by atoms with Crippen molar-refractivity contribution in [3.05, 3.63) is 34.0 Å². The summed E-state index contributed by atoms with van der Waals surface area (Å²) in [4.78, 5) is 18.5. The third kappa shape index (κ3) is 3.23. The Bertz CT molecular complexity index is 997. The lowest BCUT2D eigenvalue weighted by atomic mass is 9.96. The molecule has 1 aliphatic carbocycles. The van der Waals surface area contributed by atoms with Crippen molar-refractivity contribution in [3.8, 4) is 10.7 Å². The second kappa shape index (κ2) is 7.01. The number of aromatic nitrogens is 5. The Hall–Kier alpha value is -2.33. The summed E-state index contributed by atoms with van der Waals surface area (Å²) in [6.45, 7) is 3.57. The molecule has 1 atom stereocenters. The fourth-order valence-electron chi connectivity index (χ4n) is 3.58. The molecule has 3 heterocycles. The molecule has 3 aromatic rings. The lowest BCUT2D eigenvalue weighted by molar-refractivity contribution is -0.126. The molecule has 0 bridgehead atoms. The van der Waals surface area contributed by atoms with Crippen LogP contribution in [0, 0.1) is 11.7 Å². The zero-order valence-electron chi connectivity index (χ0n) is 15.1. The lowest BCUT2D eigenvalue weighted by Crippen LogP contribution is -2.47. The minimum Gasteiger partial charge on any atom is -0.341 e. The molecule has 0 aliphatic heterocycles. The van der Waals surface area contributed by atoms with Gasteiger partial charge in [-0.1, -0.05) is 24.1 Å². The van der Waals surface area contributed by atoms with E-state index in [1.165, 1.54) is 0 Å². The number of carbonyl (C=O) groups excluding carboxylic acids is 1. The van der Waals surface area contributed by atoms with Crippen molar-refractivity contribution >= 4 is 29.5 Å². The summed E-state index contributed by atoms with van der Waals surface area (Å²) in [6.07, 6.45) is 3.60. The first kappa shape index (κ1) is 18.1. The predicted octanol–water partition coefficient (Wildman–Crippen LogP) is 3.51. The van der Waals surface area contributed by atoms with Gasteiger partial charge in [0.1, 0.15) is 11.6 Å². The normalized spacial score (nSPS) is 17.1. The van der Waals surface area contributed by atoms with E-state index in [0.717, 1.165) is 30.6 Å². The number of carbonyl (C=O) groups is 1. The first-order valence-electron chi connectivity index (χ1n) is 8.84. The first-order valence-corrected chi connectivity index (χ1v) is 10.1. The van der Waals surface area contributed by atoms with Gasteiger partial charge in [-0.25, -0.2) is 0 Å². The van der Waals surface area contributed by atoms with E-state index in [0.29, 0.717) is 22.3 Å². The van der Waals surface area contributed by atoms with Crippen LogP contribution in [0.15, 0.2) is 22.0 Å². The summed E-state index contributed by atoms with van der Waals surface area (Å²) >= 11 is 6.93. The fourth-order valence-corrected chi connectivity index (χ4v) is 4.58. The van der Waals surface area contributed by atoms with Gasteiger partial charge in [0.25, 0.3) is 0 Å². The summed E-state index contributed by atoms with van der Waals surface area (Å²) in [6, 6.07) is 3.37. The minimum atomic E-state index is -0.585. The van der Waals surface area contributed by atoms with Gasteiger partial charge in [0.05, 0.1) is 4.88 Å². The Balaban J connectivity index is 1.63. The minimum absolute atomic E-state index is 0.144. The lowest BCUT2D eigenvalue weighted by Gasteiger charge is -2.28. The van der Waals surface area contributed by atoms with Gasteiger partial charge < -0.3 is 9.84 Å². The number of rotatable bonds is 5. The molecule has 4 rings (SSSR count). The summed E-state index contributed by atoms with van der Waals surface area (Å²) in [5.41, 5.74) is -0.585. The van der Waals surface area contributed by atoms with Crippen molar-refractivity contribution in [1.29, 1.82) is 0 Å². The number of nitrogens with one attached hydrogen (secondary N) is 2. The van der Waals surface area contributed by atoms with Crippen molar-refractivity contribution < 1.29 is 9.32 Å². The maximum Gasteiger partial charge on any atom is 0.243 e. The van der Waals surface area contributed by atoms with Crippen LogP contribution >= 0.6 is 23.6 Å². The highest BCUT2D eigenvalue weighted by Crippen LogP contribution is 2.38. The average molecular weight is 405 g/mol. The van der Waals surface area contributed by atoms with Gasteiger partial charge in [0.2, 0.25) is 11.8 Å². The number of thiophene rings is 1. The summed E-state index contributed by atoms with van der Waals surface area (Å²) in [5, 5.41) is 16.3. The molecule has 3 aromatic heterocycles. The van der Waals surface area contributed by atoms with E-state index in [-0.39, 0.29) is 5.91 Å². The number of hydrogen-bond donors (Lipinski definition) is 2. The van der Waals surface area contributed by atoms with Gasteiger partial charge >= 0.3 is 0 Å². The van der Waals surface area contributed by atoms with E-state index >= 15 is 0 Å². The van der Waals surface area contributed by atoms with Crippen LogP contribution in [-0.4, -0.2) is 30.8 Å². The zero-order chi connectivity index (χ0) is 19.0. The number of hydrogen-bond acceptors (Lipinski definition) is 7. The van der Waals surface area contributed by atoms with E-state index in [2.05, 4.69) is 25.7 Å². The molecule has 27 heavy (non-hydrogen) atoms. The van der Waals surface area contributed by atoms with E-state index in [9.17, 15) is 4.79 Å². The maximum absolute atomic E-state index is 13.2. The van der Waals surface area contributed by atoms with Crippen LogP contribution < -0.4 is 5.32 Å².